The quantitative estimate of drug-likeness (QED) is 0.858. The van der Waals surface area contributed by atoms with Crippen LogP contribution in [0.5, 0.6) is 0 Å². The van der Waals surface area contributed by atoms with Gasteiger partial charge in [0.2, 0.25) is 0 Å². The topological polar surface area (TPSA) is 49.2 Å². The number of hydrogen-bond acceptors (Lipinski definition) is 4. The average Bonchev–Trinajstić information content (AvgIpc) is 2.26. The molecule has 1 aromatic heterocycles. The molecule has 0 amide bonds. The maximum absolute atomic E-state index is 12.2. The van der Waals surface area contributed by atoms with E-state index in [1.54, 1.807) is 18.9 Å². The Balaban J connectivity index is 2.87. The minimum Gasteiger partial charge on any atom is -0.394 e. The van der Waals surface area contributed by atoms with Gasteiger partial charge in [-0.3, -0.25) is 0 Å². The van der Waals surface area contributed by atoms with Crippen LogP contribution in [0, 0.1) is 0 Å². The van der Waals surface area contributed by atoms with Crippen LogP contribution in [0.4, 0.5) is 19.0 Å². The Morgan fingerprint density at radius 2 is 2.00 bits per heavy atom. The lowest BCUT2D eigenvalue weighted by Crippen LogP contribution is -2.32. The van der Waals surface area contributed by atoms with Crippen molar-refractivity contribution in [3.63, 3.8) is 0 Å². The molecule has 0 aliphatic rings. The minimum atomic E-state index is -4.48. The molecule has 0 saturated heterocycles. The van der Waals surface area contributed by atoms with Gasteiger partial charge in [0, 0.05) is 7.05 Å². The third-order valence-electron chi connectivity index (χ3n) is 2.23. The summed E-state index contributed by atoms with van der Waals surface area (Å²) in [5.74, 6) is 0.287. The summed E-state index contributed by atoms with van der Waals surface area (Å²) in [6.45, 7) is 1.61. The Hall–Kier alpha value is -1.37. The van der Waals surface area contributed by atoms with Crippen LogP contribution in [0.15, 0.2) is 12.1 Å². The molecule has 0 saturated carbocycles. The Kier molecular flexibility index (Phi) is 3.69. The van der Waals surface area contributed by atoms with Crippen LogP contribution >= 0.6 is 0 Å². The summed E-state index contributed by atoms with van der Waals surface area (Å²) in [7, 11) is 1.62. The standard InChI is InChI=1S/C9H12F3N3O/c1-6(5-16)15(2)8-4-3-7(13-14-8)9(10,11)12/h3-4,6,16H,5H2,1-2H3. The zero-order valence-electron chi connectivity index (χ0n) is 8.86. The number of aromatic nitrogens is 2. The summed E-state index contributed by atoms with van der Waals surface area (Å²) >= 11 is 0. The molecule has 1 unspecified atom stereocenters. The van der Waals surface area contributed by atoms with E-state index >= 15 is 0 Å². The van der Waals surface area contributed by atoms with Crippen LogP contribution in [0.25, 0.3) is 0 Å². The minimum absolute atomic E-state index is 0.112. The predicted octanol–water partition coefficient (Wildman–Crippen LogP) is 1.31. The fourth-order valence-corrected chi connectivity index (χ4v) is 1.01. The van der Waals surface area contributed by atoms with Gasteiger partial charge < -0.3 is 10.0 Å². The summed E-state index contributed by atoms with van der Waals surface area (Å²) in [4.78, 5) is 1.55. The zero-order valence-corrected chi connectivity index (χ0v) is 8.86. The lowest BCUT2D eigenvalue weighted by molar-refractivity contribution is -0.141. The summed E-state index contributed by atoms with van der Waals surface area (Å²) in [5, 5.41) is 15.4. The Morgan fingerprint density at radius 1 is 1.38 bits per heavy atom. The van der Waals surface area contributed by atoms with Gasteiger partial charge in [0.15, 0.2) is 11.5 Å². The van der Waals surface area contributed by atoms with E-state index in [4.69, 9.17) is 5.11 Å². The van der Waals surface area contributed by atoms with E-state index < -0.39 is 11.9 Å². The van der Waals surface area contributed by atoms with Crippen molar-refractivity contribution in [3.05, 3.63) is 17.8 Å². The lowest BCUT2D eigenvalue weighted by Gasteiger charge is -2.23. The summed E-state index contributed by atoms with van der Waals surface area (Å²) in [6, 6.07) is 1.86. The van der Waals surface area contributed by atoms with Crippen LogP contribution in [0.2, 0.25) is 0 Å². The highest BCUT2D eigenvalue weighted by Crippen LogP contribution is 2.27. The van der Waals surface area contributed by atoms with Gasteiger partial charge in [-0.05, 0) is 19.1 Å². The van der Waals surface area contributed by atoms with Crippen LogP contribution in [-0.4, -0.2) is 35.0 Å². The first-order valence-corrected chi connectivity index (χ1v) is 4.61. The number of anilines is 1. The molecule has 0 aliphatic heterocycles. The molecule has 0 radical (unpaired) electrons. The molecule has 0 aromatic carbocycles. The van der Waals surface area contributed by atoms with Crippen LogP contribution in [0.1, 0.15) is 12.6 Å². The maximum Gasteiger partial charge on any atom is 0.435 e. The van der Waals surface area contributed by atoms with Crippen LogP contribution < -0.4 is 4.90 Å². The second-order valence-electron chi connectivity index (χ2n) is 3.42. The molecule has 7 heteroatoms. The largest absolute Gasteiger partial charge is 0.435 e. The normalized spacial score (nSPS) is 13.6. The number of aliphatic hydroxyl groups is 1. The molecule has 90 valence electrons. The van der Waals surface area contributed by atoms with Crippen molar-refractivity contribution < 1.29 is 18.3 Å². The SMILES string of the molecule is CC(CO)N(C)c1ccc(C(F)(F)F)nn1. The molecule has 16 heavy (non-hydrogen) atoms. The Morgan fingerprint density at radius 3 is 2.38 bits per heavy atom. The van der Waals surface area contributed by atoms with Crippen LogP contribution in [-0.2, 0) is 6.18 Å². The van der Waals surface area contributed by atoms with Gasteiger partial charge in [-0.25, -0.2) is 0 Å². The molecular formula is C9H12F3N3O. The first-order chi connectivity index (χ1) is 7.36. The Bertz CT molecular complexity index is 339. The average molecular weight is 235 g/mol. The van der Waals surface area contributed by atoms with Gasteiger partial charge in [-0.1, -0.05) is 0 Å². The van der Waals surface area contributed by atoms with Crippen molar-refractivity contribution in [2.75, 3.05) is 18.6 Å². The molecular weight excluding hydrogens is 223 g/mol. The summed E-state index contributed by atoms with van der Waals surface area (Å²) in [5.41, 5.74) is -1.03. The van der Waals surface area contributed by atoms with Crippen molar-refractivity contribution in [1.29, 1.82) is 0 Å². The van der Waals surface area contributed by atoms with E-state index in [9.17, 15) is 13.2 Å². The van der Waals surface area contributed by atoms with Crippen molar-refractivity contribution >= 4 is 5.82 Å². The molecule has 0 fully saturated rings. The van der Waals surface area contributed by atoms with Gasteiger partial charge in [0.1, 0.15) is 0 Å². The number of likely N-dealkylation sites (N-methyl/N-ethyl adjacent to an activating group) is 1. The zero-order chi connectivity index (χ0) is 12.3. The third kappa shape index (κ3) is 2.82. The van der Waals surface area contributed by atoms with E-state index in [0.29, 0.717) is 0 Å². The second kappa shape index (κ2) is 4.65. The van der Waals surface area contributed by atoms with E-state index in [1.807, 2.05) is 0 Å². The fourth-order valence-electron chi connectivity index (χ4n) is 1.01. The van der Waals surface area contributed by atoms with Gasteiger partial charge >= 0.3 is 6.18 Å². The highest BCUT2D eigenvalue weighted by Gasteiger charge is 2.33. The fraction of sp³-hybridized carbons (Fsp3) is 0.556. The van der Waals surface area contributed by atoms with Crippen molar-refractivity contribution in [2.24, 2.45) is 0 Å². The molecule has 1 N–H and O–H groups in total. The molecule has 0 spiro atoms. The Labute approximate surface area is 90.7 Å². The lowest BCUT2D eigenvalue weighted by atomic mass is 10.3. The number of hydrogen-bond donors (Lipinski definition) is 1. The molecule has 1 atom stereocenters. The summed E-state index contributed by atoms with van der Waals surface area (Å²) in [6.07, 6.45) is -4.48. The first-order valence-electron chi connectivity index (χ1n) is 4.61. The summed E-state index contributed by atoms with van der Waals surface area (Å²) < 4.78 is 36.6. The highest BCUT2D eigenvalue weighted by molar-refractivity contribution is 5.37. The molecule has 4 nitrogen and oxygen atoms in total. The van der Waals surface area contributed by atoms with Gasteiger partial charge in [-0.2, -0.15) is 13.2 Å². The number of rotatable bonds is 3. The second-order valence-corrected chi connectivity index (χ2v) is 3.42. The number of aliphatic hydroxyl groups excluding tert-OH is 1. The number of halogens is 3. The van der Waals surface area contributed by atoms with Gasteiger partial charge in [0.05, 0.1) is 12.6 Å². The molecule has 0 aliphatic carbocycles. The van der Waals surface area contributed by atoms with Gasteiger partial charge in [0.25, 0.3) is 0 Å². The van der Waals surface area contributed by atoms with Crippen molar-refractivity contribution in [2.45, 2.75) is 19.1 Å². The maximum atomic E-state index is 12.2. The molecule has 1 aromatic rings. The molecule has 1 rings (SSSR count). The monoisotopic (exact) mass is 235 g/mol. The van der Waals surface area contributed by atoms with E-state index in [-0.39, 0.29) is 18.5 Å². The molecule has 0 bridgehead atoms. The first kappa shape index (κ1) is 12.7. The van der Waals surface area contributed by atoms with E-state index in [1.165, 1.54) is 6.07 Å². The van der Waals surface area contributed by atoms with E-state index in [2.05, 4.69) is 10.2 Å². The molecule has 1 heterocycles. The third-order valence-corrected chi connectivity index (χ3v) is 2.23. The van der Waals surface area contributed by atoms with Crippen molar-refractivity contribution in [3.8, 4) is 0 Å². The van der Waals surface area contributed by atoms with E-state index in [0.717, 1.165) is 6.07 Å². The number of alkyl halides is 3. The van der Waals surface area contributed by atoms with Crippen LogP contribution in [0.3, 0.4) is 0 Å². The van der Waals surface area contributed by atoms with Gasteiger partial charge in [-0.15, -0.1) is 10.2 Å². The predicted molar refractivity (Wildman–Crippen MR) is 52.0 cm³/mol. The van der Waals surface area contributed by atoms with Crippen molar-refractivity contribution in [1.82, 2.24) is 10.2 Å². The smallest absolute Gasteiger partial charge is 0.394 e. The highest BCUT2D eigenvalue weighted by atomic mass is 19.4. The number of nitrogens with zero attached hydrogens (tertiary/aromatic N) is 3.